The maximum Gasteiger partial charge on any atom is 0.0791 e. The predicted molar refractivity (Wildman–Crippen MR) is 58.3 cm³/mol. The Bertz CT molecular complexity index is 194. The molecule has 72 valence electrons. The molecule has 0 aromatic carbocycles. The summed E-state index contributed by atoms with van der Waals surface area (Å²) in [5, 5.41) is 0. The van der Waals surface area contributed by atoms with Crippen LogP contribution in [0.15, 0.2) is 0 Å². The molecule has 1 saturated heterocycles. The molecule has 1 aliphatic rings. The van der Waals surface area contributed by atoms with Crippen LogP contribution in [0.25, 0.3) is 0 Å². The van der Waals surface area contributed by atoms with Crippen molar-refractivity contribution < 1.29 is 0 Å². The van der Waals surface area contributed by atoms with Crippen LogP contribution in [0, 0.1) is 10.8 Å². The van der Waals surface area contributed by atoms with Gasteiger partial charge in [-0.3, -0.25) is 0 Å². The third-order valence-corrected chi connectivity index (χ3v) is 6.24. The van der Waals surface area contributed by atoms with Crippen molar-refractivity contribution >= 4 is 10.4 Å². The second-order valence-electron chi connectivity index (χ2n) is 5.92. The maximum atomic E-state index is 2.62. The molecule has 0 N–H and O–H groups in total. The van der Waals surface area contributed by atoms with Gasteiger partial charge < -0.3 is 4.57 Å². The van der Waals surface area contributed by atoms with Crippen LogP contribution in [0.4, 0.5) is 0 Å². The highest BCUT2D eigenvalue weighted by Gasteiger charge is 2.55. The van der Waals surface area contributed by atoms with E-state index in [-0.39, 0.29) is 0 Å². The van der Waals surface area contributed by atoms with Gasteiger partial charge in [-0.2, -0.15) is 0 Å². The highest BCUT2D eigenvalue weighted by molar-refractivity contribution is 6.05. The monoisotopic (exact) mass is 185 g/mol. The van der Waals surface area contributed by atoms with E-state index < -0.39 is 0 Å². The minimum Gasteiger partial charge on any atom is -0.326 e. The van der Waals surface area contributed by atoms with Gasteiger partial charge in [0.1, 0.15) is 0 Å². The molecule has 1 aliphatic heterocycles. The van der Waals surface area contributed by atoms with Crippen LogP contribution in [0.3, 0.4) is 0 Å². The summed E-state index contributed by atoms with van der Waals surface area (Å²) >= 11 is 0. The zero-order valence-electron chi connectivity index (χ0n) is 9.65. The van der Waals surface area contributed by atoms with Crippen molar-refractivity contribution in [2.45, 2.75) is 47.1 Å². The summed E-state index contributed by atoms with van der Waals surface area (Å²) in [6.07, 6.45) is 0. The van der Waals surface area contributed by atoms with Gasteiger partial charge in [-0.1, -0.05) is 27.7 Å². The van der Waals surface area contributed by atoms with Crippen LogP contribution in [0.2, 0.25) is 0 Å². The van der Waals surface area contributed by atoms with Crippen molar-refractivity contribution in [1.29, 1.82) is 0 Å². The second kappa shape index (κ2) is 2.35. The zero-order chi connectivity index (χ0) is 9.78. The van der Waals surface area contributed by atoms with Gasteiger partial charge in [0.05, 0.1) is 10.4 Å². The summed E-state index contributed by atoms with van der Waals surface area (Å²) in [4.78, 5) is 0. The standard InChI is InChI=1S/C10H23NSi/c1-8(2)7-11(12)10(5,6)9(8,3)4/h7H2,1-6,12H3. The van der Waals surface area contributed by atoms with E-state index in [9.17, 15) is 0 Å². The molecule has 0 spiro atoms. The van der Waals surface area contributed by atoms with Crippen molar-refractivity contribution in [3.05, 3.63) is 0 Å². The lowest BCUT2D eigenvalue weighted by atomic mass is 9.62. The van der Waals surface area contributed by atoms with Gasteiger partial charge in [0.25, 0.3) is 0 Å². The lowest BCUT2D eigenvalue weighted by Crippen LogP contribution is -2.47. The summed E-state index contributed by atoms with van der Waals surface area (Å²) < 4.78 is 2.62. The first-order valence-corrected chi connectivity index (χ1v) is 5.74. The normalized spacial score (nSPS) is 32.5. The van der Waals surface area contributed by atoms with Crippen molar-refractivity contribution in [2.24, 2.45) is 10.8 Å². The van der Waals surface area contributed by atoms with E-state index >= 15 is 0 Å². The van der Waals surface area contributed by atoms with Gasteiger partial charge in [-0.25, -0.2) is 0 Å². The predicted octanol–water partition coefficient (Wildman–Crippen LogP) is 1.41. The van der Waals surface area contributed by atoms with Crippen molar-refractivity contribution in [3.63, 3.8) is 0 Å². The fraction of sp³-hybridized carbons (Fsp3) is 1.00. The first-order chi connectivity index (χ1) is 5.13. The molecule has 0 amide bonds. The second-order valence-corrected chi connectivity index (χ2v) is 7.00. The highest BCUT2D eigenvalue weighted by Crippen LogP contribution is 2.54. The maximum absolute atomic E-state index is 2.62. The van der Waals surface area contributed by atoms with Gasteiger partial charge in [0.2, 0.25) is 0 Å². The van der Waals surface area contributed by atoms with Gasteiger partial charge in [-0.05, 0) is 31.2 Å². The molecule has 0 radical (unpaired) electrons. The summed E-state index contributed by atoms with van der Waals surface area (Å²) in [6, 6.07) is 0. The SMILES string of the molecule is CC1(C)CN([SiH3])C(C)(C)C1(C)C. The van der Waals surface area contributed by atoms with E-state index in [4.69, 9.17) is 0 Å². The first-order valence-electron chi connectivity index (χ1n) is 4.84. The molecule has 1 fully saturated rings. The highest BCUT2D eigenvalue weighted by atomic mass is 28.2. The van der Waals surface area contributed by atoms with Crippen LogP contribution < -0.4 is 0 Å². The molecule has 0 saturated carbocycles. The van der Waals surface area contributed by atoms with E-state index in [1.807, 2.05) is 0 Å². The quantitative estimate of drug-likeness (QED) is 0.516. The Morgan fingerprint density at radius 1 is 1.00 bits per heavy atom. The topological polar surface area (TPSA) is 3.24 Å². The lowest BCUT2D eigenvalue weighted by Gasteiger charge is -2.44. The van der Waals surface area contributed by atoms with E-state index in [0.717, 1.165) is 0 Å². The van der Waals surface area contributed by atoms with Crippen LogP contribution in [-0.2, 0) is 0 Å². The molecule has 12 heavy (non-hydrogen) atoms. The Hall–Kier alpha value is 0.177. The number of rotatable bonds is 0. The Balaban J connectivity index is 3.10. The lowest BCUT2D eigenvalue weighted by molar-refractivity contribution is 0.0881. The van der Waals surface area contributed by atoms with E-state index in [1.165, 1.54) is 16.9 Å². The van der Waals surface area contributed by atoms with E-state index in [0.29, 0.717) is 16.4 Å². The van der Waals surface area contributed by atoms with Crippen molar-refractivity contribution in [1.82, 2.24) is 4.57 Å². The molecule has 0 unspecified atom stereocenters. The van der Waals surface area contributed by atoms with Gasteiger partial charge in [0.15, 0.2) is 0 Å². The minimum absolute atomic E-state index is 0.378. The third-order valence-electron chi connectivity index (χ3n) is 4.81. The summed E-state index contributed by atoms with van der Waals surface area (Å²) in [5.74, 6) is 0. The molecule has 0 aromatic heterocycles. The fourth-order valence-electron chi connectivity index (χ4n) is 2.29. The van der Waals surface area contributed by atoms with Crippen LogP contribution in [0.5, 0.6) is 0 Å². The van der Waals surface area contributed by atoms with E-state index in [2.05, 4.69) is 46.1 Å². The molecule has 1 rings (SSSR count). The molecule has 1 heterocycles. The minimum atomic E-state index is 0.378. The smallest absolute Gasteiger partial charge is 0.0791 e. The Morgan fingerprint density at radius 3 is 1.50 bits per heavy atom. The molecule has 0 aliphatic carbocycles. The average Bonchev–Trinajstić information content (AvgIpc) is 1.92. The molecular weight excluding hydrogens is 162 g/mol. The zero-order valence-corrected chi connectivity index (χ0v) is 11.7. The Labute approximate surface area is 80.0 Å². The third kappa shape index (κ3) is 1.01. The van der Waals surface area contributed by atoms with Crippen LogP contribution in [-0.4, -0.2) is 27.1 Å². The molecule has 0 aromatic rings. The average molecular weight is 185 g/mol. The Morgan fingerprint density at radius 2 is 1.42 bits per heavy atom. The molecule has 1 nitrogen and oxygen atoms in total. The van der Waals surface area contributed by atoms with Gasteiger partial charge in [0, 0.05) is 5.54 Å². The Kier molecular flexibility index (Phi) is 2.01. The van der Waals surface area contributed by atoms with E-state index in [1.54, 1.807) is 0 Å². The number of nitrogens with zero attached hydrogens (tertiary/aromatic N) is 1. The van der Waals surface area contributed by atoms with Gasteiger partial charge >= 0.3 is 0 Å². The molecular formula is C10H23NSi. The number of hydrogen-bond donors (Lipinski definition) is 0. The van der Waals surface area contributed by atoms with Crippen molar-refractivity contribution in [2.75, 3.05) is 6.54 Å². The molecule has 0 bridgehead atoms. The largest absolute Gasteiger partial charge is 0.326 e. The summed E-state index contributed by atoms with van der Waals surface area (Å²) in [5.41, 5.74) is 1.25. The first kappa shape index (κ1) is 10.3. The molecule has 2 heteroatoms. The summed E-state index contributed by atoms with van der Waals surface area (Å²) in [7, 11) is 1.19. The summed E-state index contributed by atoms with van der Waals surface area (Å²) in [6.45, 7) is 15.6. The number of hydrogen-bond acceptors (Lipinski definition) is 1. The fourth-order valence-corrected chi connectivity index (χ4v) is 3.64. The van der Waals surface area contributed by atoms with Gasteiger partial charge in [-0.15, -0.1) is 0 Å². The van der Waals surface area contributed by atoms with Crippen molar-refractivity contribution in [3.8, 4) is 0 Å². The molecule has 0 atom stereocenters. The van der Waals surface area contributed by atoms with Crippen LogP contribution in [0.1, 0.15) is 41.5 Å². The van der Waals surface area contributed by atoms with Crippen LogP contribution >= 0.6 is 0 Å².